The van der Waals surface area contributed by atoms with Gasteiger partial charge in [-0.25, -0.2) is 4.98 Å². The monoisotopic (exact) mass is 401 g/mol. The summed E-state index contributed by atoms with van der Waals surface area (Å²) in [5.74, 6) is 0.309. The van der Waals surface area contributed by atoms with Crippen molar-refractivity contribution < 1.29 is 14.3 Å². The van der Waals surface area contributed by atoms with E-state index in [9.17, 15) is 9.59 Å². The minimum atomic E-state index is -0.584. The van der Waals surface area contributed by atoms with Crippen molar-refractivity contribution in [3.63, 3.8) is 0 Å². The maximum Gasteiger partial charge on any atom is 0.254 e. The topological polar surface area (TPSA) is 71.5 Å². The first-order valence-electron chi connectivity index (χ1n) is 9.74. The quantitative estimate of drug-likeness (QED) is 0.719. The Labute approximate surface area is 175 Å². The summed E-state index contributed by atoms with van der Waals surface area (Å²) in [7, 11) is 3.34. The van der Waals surface area contributed by atoms with Gasteiger partial charge in [0.15, 0.2) is 0 Å². The van der Waals surface area contributed by atoms with Crippen molar-refractivity contribution in [1.29, 1.82) is 0 Å². The summed E-state index contributed by atoms with van der Waals surface area (Å²) in [6.07, 6.45) is 0. The molecule has 1 aliphatic rings. The number of hydrogen-bond donors (Lipinski definition) is 1. The zero-order valence-corrected chi connectivity index (χ0v) is 17.1. The number of methoxy groups -OCH3 is 1. The van der Waals surface area contributed by atoms with Gasteiger partial charge >= 0.3 is 0 Å². The third kappa shape index (κ3) is 3.52. The van der Waals surface area contributed by atoms with E-state index >= 15 is 0 Å². The van der Waals surface area contributed by atoms with Gasteiger partial charge in [0.05, 0.1) is 19.1 Å². The Morgan fingerprint density at radius 2 is 1.77 bits per heavy atom. The number of pyridine rings is 1. The predicted molar refractivity (Wildman–Crippen MR) is 115 cm³/mol. The summed E-state index contributed by atoms with van der Waals surface area (Å²) in [6.45, 7) is 1.87. The lowest BCUT2D eigenvalue weighted by molar-refractivity contribution is -0.119. The molecule has 6 heteroatoms. The maximum absolute atomic E-state index is 13.5. The van der Waals surface area contributed by atoms with Gasteiger partial charge in [-0.2, -0.15) is 0 Å². The van der Waals surface area contributed by atoms with E-state index in [4.69, 9.17) is 4.74 Å². The van der Waals surface area contributed by atoms with Crippen LogP contribution in [0.1, 0.15) is 39.1 Å². The van der Waals surface area contributed by atoms with Crippen LogP contribution in [0.5, 0.6) is 5.75 Å². The van der Waals surface area contributed by atoms with Crippen LogP contribution in [0.2, 0.25) is 0 Å². The van der Waals surface area contributed by atoms with Crippen molar-refractivity contribution in [2.45, 2.75) is 18.9 Å². The Morgan fingerprint density at radius 1 is 1.03 bits per heavy atom. The molecule has 4 rings (SSSR count). The van der Waals surface area contributed by atoms with E-state index in [1.54, 1.807) is 31.2 Å². The largest absolute Gasteiger partial charge is 0.497 e. The molecule has 0 bridgehead atoms. The average Bonchev–Trinajstić information content (AvgIpc) is 2.76. The fourth-order valence-corrected chi connectivity index (χ4v) is 3.99. The molecule has 1 aromatic heterocycles. The third-order valence-corrected chi connectivity index (χ3v) is 5.46. The number of aromatic nitrogens is 1. The van der Waals surface area contributed by atoms with Gasteiger partial charge in [-0.1, -0.05) is 36.4 Å². The number of fused-ring (bicyclic) bond motifs is 1. The van der Waals surface area contributed by atoms with E-state index in [-0.39, 0.29) is 11.8 Å². The second-order valence-electron chi connectivity index (χ2n) is 7.35. The Kier molecular flexibility index (Phi) is 5.23. The molecule has 0 aliphatic carbocycles. The second kappa shape index (κ2) is 7.99. The van der Waals surface area contributed by atoms with Crippen LogP contribution in [-0.2, 0) is 4.79 Å². The molecule has 0 unspecified atom stereocenters. The zero-order chi connectivity index (χ0) is 21.3. The van der Waals surface area contributed by atoms with Crippen molar-refractivity contribution in [3.8, 4) is 5.75 Å². The number of amides is 2. The average molecular weight is 401 g/mol. The maximum atomic E-state index is 13.5. The molecular formula is C24H23N3O3. The Hall–Kier alpha value is -3.67. The summed E-state index contributed by atoms with van der Waals surface area (Å²) in [5.41, 5.74) is 2.93. The summed E-state index contributed by atoms with van der Waals surface area (Å²) in [6, 6.07) is 19.8. The molecule has 0 radical (unpaired) electrons. The highest BCUT2D eigenvalue weighted by molar-refractivity contribution is 6.04. The highest BCUT2D eigenvalue weighted by Gasteiger charge is 2.42. The molecular weight excluding hydrogens is 378 g/mol. The summed E-state index contributed by atoms with van der Waals surface area (Å²) >= 11 is 0. The molecule has 30 heavy (non-hydrogen) atoms. The van der Waals surface area contributed by atoms with Crippen LogP contribution in [0.15, 0.2) is 66.7 Å². The Bertz CT molecular complexity index is 1090. The lowest BCUT2D eigenvalue weighted by atomic mass is 9.79. The highest BCUT2D eigenvalue weighted by Crippen LogP contribution is 2.42. The molecule has 3 aromatic rings. The zero-order valence-electron chi connectivity index (χ0n) is 17.1. The number of carbonyl (C=O) groups excluding carboxylic acids is 2. The molecule has 2 atom stereocenters. The molecule has 0 saturated heterocycles. The van der Waals surface area contributed by atoms with Gasteiger partial charge in [-0.05, 0) is 48.4 Å². The van der Waals surface area contributed by atoms with E-state index in [1.807, 2.05) is 61.5 Å². The number of likely N-dealkylation sites (N-methyl/N-ethyl adjacent to an activating group) is 1. The minimum Gasteiger partial charge on any atom is -0.497 e. The van der Waals surface area contributed by atoms with Gasteiger partial charge in [0.25, 0.3) is 5.91 Å². The molecule has 1 N–H and O–H groups in total. The van der Waals surface area contributed by atoms with Crippen LogP contribution in [0.3, 0.4) is 0 Å². The highest BCUT2D eigenvalue weighted by atomic mass is 16.5. The fraction of sp³-hybridized carbons (Fsp3) is 0.208. The van der Waals surface area contributed by atoms with E-state index in [1.165, 1.54) is 0 Å². The molecule has 152 valence electrons. The molecule has 0 spiro atoms. The molecule has 2 aromatic carbocycles. The van der Waals surface area contributed by atoms with Gasteiger partial charge in [0.1, 0.15) is 11.6 Å². The smallest absolute Gasteiger partial charge is 0.254 e. The van der Waals surface area contributed by atoms with Crippen LogP contribution in [0, 0.1) is 6.92 Å². The van der Waals surface area contributed by atoms with Gasteiger partial charge in [0.2, 0.25) is 5.91 Å². The number of carbonyl (C=O) groups is 2. The van der Waals surface area contributed by atoms with Gasteiger partial charge in [0, 0.05) is 18.3 Å². The van der Waals surface area contributed by atoms with Crippen LogP contribution in [0.4, 0.5) is 5.82 Å². The molecule has 2 amide bonds. The van der Waals surface area contributed by atoms with Crippen LogP contribution >= 0.6 is 0 Å². The minimum absolute atomic E-state index is 0.107. The van der Waals surface area contributed by atoms with E-state index in [2.05, 4.69) is 10.3 Å². The van der Waals surface area contributed by atoms with Crippen molar-refractivity contribution >= 4 is 17.6 Å². The first-order chi connectivity index (χ1) is 14.5. The summed E-state index contributed by atoms with van der Waals surface area (Å²) in [4.78, 5) is 32.6. The summed E-state index contributed by atoms with van der Waals surface area (Å²) in [5, 5.41) is 2.94. The predicted octanol–water partition coefficient (Wildman–Crippen LogP) is 3.95. The molecule has 6 nitrogen and oxygen atoms in total. The lowest BCUT2D eigenvalue weighted by Gasteiger charge is -2.39. The van der Waals surface area contributed by atoms with Crippen molar-refractivity contribution in [2.75, 3.05) is 19.5 Å². The normalized spacial score (nSPS) is 18.0. The van der Waals surface area contributed by atoms with Crippen molar-refractivity contribution in [2.24, 2.45) is 0 Å². The third-order valence-electron chi connectivity index (χ3n) is 5.46. The number of nitrogens with one attached hydrogen (secondary N) is 1. The van der Waals surface area contributed by atoms with Gasteiger partial charge in [-0.3, -0.25) is 9.59 Å². The molecule has 1 aliphatic heterocycles. The fourth-order valence-electron chi connectivity index (χ4n) is 3.99. The second-order valence-corrected chi connectivity index (χ2v) is 7.35. The summed E-state index contributed by atoms with van der Waals surface area (Å²) < 4.78 is 5.26. The van der Waals surface area contributed by atoms with E-state index in [0.717, 1.165) is 11.3 Å². The Morgan fingerprint density at radius 3 is 2.47 bits per heavy atom. The van der Waals surface area contributed by atoms with E-state index in [0.29, 0.717) is 22.7 Å². The van der Waals surface area contributed by atoms with Gasteiger partial charge < -0.3 is 15.0 Å². The van der Waals surface area contributed by atoms with Crippen LogP contribution in [0.25, 0.3) is 0 Å². The van der Waals surface area contributed by atoms with Crippen LogP contribution < -0.4 is 10.1 Å². The first kappa shape index (κ1) is 19.6. The number of rotatable bonds is 4. The lowest BCUT2D eigenvalue weighted by Crippen LogP contribution is -2.44. The van der Waals surface area contributed by atoms with Crippen molar-refractivity contribution in [3.05, 3.63) is 89.1 Å². The molecule has 0 fully saturated rings. The molecule has 0 saturated carbocycles. The Balaban J connectivity index is 1.79. The number of anilines is 1. The number of nitrogens with zero attached hydrogens (tertiary/aromatic N) is 2. The first-order valence-corrected chi connectivity index (χ1v) is 9.74. The molecule has 2 heterocycles. The number of ether oxygens (including phenoxy) is 1. The van der Waals surface area contributed by atoms with Crippen LogP contribution in [-0.4, -0.2) is 35.9 Å². The van der Waals surface area contributed by atoms with E-state index < -0.39 is 12.0 Å². The SMILES string of the molecule is COc1ccc([C@H]2[C@@H](C(=O)Nc3cccc(C)n3)c3ccccc3C(=O)N2C)cc1. The standard InChI is InChI=1S/C24H23N3O3/c1-15-7-6-10-20(25-15)26-23(28)21-18-8-4-5-9-19(18)24(29)27(2)22(21)16-11-13-17(30-3)14-12-16/h4-14,21-22H,1-3H3,(H,25,26,28)/t21-,22-/m0/s1. The number of hydrogen-bond acceptors (Lipinski definition) is 4. The van der Waals surface area contributed by atoms with Gasteiger partial charge in [-0.15, -0.1) is 0 Å². The number of benzene rings is 2. The number of aryl methyl sites for hydroxylation is 1. The van der Waals surface area contributed by atoms with Crippen molar-refractivity contribution in [1.82, 2.24) is 9.88 Å².